The largest absolute Gasteiger partial charge is 0.439 e. The highest BCUT2D eigenvalue weighted by atomic mass is 19.1. The number of nitrogens with zero attached hydrogens (tertiary/aromatic N) is 3. The van der Waals surface area contributed by atoms with Crippen molar-refractivity contribution in [2.75, 3.05) is 13.2 Å². The number of ether oxygens (including phenoxy) is 2. The van der Waals surface area contributed by atoms with E-state index in [1.807, 2.05) is 56.1 Å². The molecule has 33 heavy (non-hydrogen) atoms. The number of benzene rings is 2. The van der Waals surface area contributed by atoms with Crippen LogP contribution in [-0.2, 0) is 23.1 Å². The first-order chi connectivity index (χ1) is 15.9. The second-order valence-electron chi connectivity index (χ2n) is 8.69. The number of hydrogen-bond acceptors (Lipinski definition) is 4. The molecule has 0 bridgehead atoms. The van der Waals surface area contributed by atoms with Gasteiger partial charge in [-0.3, -0.25) is 4.79 Å². The minimum atomic E-state index is -0.331. The van der Waals surface area contributed by atoms with E-state index in [1.54, 1.807) is 16.8 Å². The summed E-state index contributed by atoms with van der Waals surface area (Å²) in [6, 6.07) is 15.7. The Hall–Kier alpha value is -3.19. The summed E-state index contributed by atoms with van der Waals surface area (Å²) in [6.07, 6.45) is 1.99. The smallest absolute Gasteiger partial charge is 0.225 e. The predicted molar refractivity (Wildman–Crippen MR) is 124 cm³/mol. The van der Waals surface area contributed by atoms with Crippen LogP contribution in [-0.4, -0.2) is 39.8 Å². The number of rotatable bonds is 8. The first kappa shape index (κ1) is 23.0. The lowest BCUT2D eigenvalue weighted by molar-refractivity contribution is -0.136. The van der Waals surface area contributed by atoms with Gasteiger partial charge in [-0.05, 0) is 37.1 Å². The second kappa shape index (κ2) is 10.2. The molecular weight excluding hydrogens is 421 g/mol. The van der Waals surface area contributed by atoms with E-state index < -0.39 is 0 Å². The third kappa shape index (κ3) is 5.42. The van der Waals surface area contributed by atoms with E-state index in [9.17, 15) is 9.18 Å². The van der Waals surface area contributed by atoms with Gasteiger partial charge >= 0.3 is 0 Å². The Labute approximate surface area is 193 Å². The van der Waals surface area contributed by atoms with Crippen LogP contribution in [0.2, 0.25) is 0 Å². The number of amides is 1. The lowest BCUT2D eigenvalue weighted by Gasteiger charge is -2.27. The van der Waals surface area contributed by atoms with Gasteiger partial charge in [0.2, 0.25) is 11.8 Å². The molecule has 7 heteroatoms. The van der Waals surface area contributed by atoms with Crippen molar-refractivity contribution in [3.63, 3.8) is 0 Å². The van der Waals surface area contributed by atoms with Crippen LogP contribution in [0.1, 0.15) is 32.3 Å². The van der Waals surface area contributed by atoms with Crippen molar-refractivity contribution >= 4 is 5.91 Å². The summed E-state index contributed by atoms with van der Waals surface area (Å²) in [6.45, 7) is 5.40. The monoisotopic (exact) mass is 451 g/mol. The Morgan fingerprint density at radius 1 is 1.21 bits per heavy atom. The quantitative estimate of drug-likeness (QED) is 0.473. The summed E-state index contributed by atoms with van der Waals surface area (Å²) < 4.78 is 27.1. The molecule has 0 saturated carbocycles. The number of aryl methyl sites for hydroxylation is 1. The molecule has 0 aliphatic carbocycles. The summed E-state index contributed by atoms with van der Waals surface area (Å²) in [5.74, 6) is 0.601. The minimum Gasteiger partial charge on any atom is -0.439 e. The average Bonchev–Trinajstić information content (AvgIpc) is 3.43. The van der Waals surface area contributed by atoms with Gasteiger partial charge in [0.1, 0.15) is 17.3 Å². The van der Waals surface area contributed by atoms with Gasteiger partial charge in [0.25, 0.3) is 0 Å². The molecule has 2 aromatic carbocycles. The SMILES string of the molecule is CC(C)C(=O)N(Cc1c(-c2ccccc2)nn(C)c1Oc1ccc(F)cc1)C[C@H]1CCCO1. The van der Waals surface area contributed by atoms with E-state index in [0.717, 1.165) is 36.3 Å². The number of carbonyl (C=O) groups excluding carboxylic acids is 1. The number of halogens is 1. The number of aromatic nitrogens is 2. The molecule has 6 nitrogen and oxygen atoms in total. The summed E-state index contributed by atoms with van der Waals surface area (Å²) in [7, 11) is 1.81. The van der Waals surface area contributed by atoms with Gasteiger partial charge in [0.05, 0.1) is 18.2 Å². The molecule has 1 aliphatic rings. The maximum atomic E-state index is 13.4. The lowest BCUT2D eigenvalue weighted by atomic mass is 10.1. The van der Waals surface area contributed by atoms with Gasteiger partial charge in [-0.2, -0.15) is 5.10 Å². The zero-order valence-corrected chi connectivity index (χ0v) is 19.3. The number of carbonyl (C=O) groups is 1. The molecule has 0 N–H and O–H groups in total. The third-order valence-electron chi connectivity index (χ3n) is 5.77. The van der Waals surface area contributed by atoms with Crippen molar-refractivity contribution in [2.24, 2.45) is 13.0 Å². The van der Waals surface area contributed by atoms with Gasteiger partial charge in [0.15, 0.2) is 0 Å². The molecular formula is C26H30FN3O3. The standard InChI is InChI=1S/C26H30FN3O3/c1-18(2)25(31)30(16-22-10-7-15-32-22)17-23-24(19-8-5-4-6-9-19)28-29(3)26(23)33-21-13-11-20(27)12-14-21/h4-6,8-9,11-14,18,22H,7,10,15-17H2,1-3H3/t22-/m1/s1. The van der Waals surface area contributed by atoms with E-state index in [1.165, 1.54) is 12.1 Å². The average molecular weight is 452 g/mol. The minimum absolute atomic E-state index is 0.0333. The fourth-order valence-electron chi connectivity index (χ4n) is 4.09. The maximum Gasteiger partial charge on any atom is 0.225 e. The van der Waals surface area contributed by atoms with Crippen molar-refractivity contribution in [1.29, 1.82) is 0 Å². The van der Waals surface area contributed by atoms with Crippen molar-refractivity contribution in [2.45, 2.75) is 39.3 Å². The van der Waals surface area contributed by atoms with Gasteiger partial charge in [-0.15, -0.1) is 0 Å². The fourth-order valence-corrected chi connectivity index (χ4v) is 4.09. The molecule has 174 valence electrons. The van der Waals surface area contributed by atoms with Crippen LogP contribution in [0, 0.1) is 11.7 Å². The highest BCUT2D eigenvalue weighted by molar-refractivity contribution is 5.78. The van der Waals surface area contributed by atoms with Crippen LogP contribution in [0.4, 0.5) is 4.39 Å². The molecule has 1 atom stereocenters. The van der Waals surface area contributed by atoms with Gasteiger partial charge < -0.3 is 14.4 Å². The van der Waals surface area contributed by atoms with E-state index >= 15 is 0 Å². The topological polar surface area (TPSA) is 56.6 Å². The Morgan fingerprint density at radius 2 is 1.94 bits per heavy atom. The Kier molecular flexibility index (Phi) is 7.08. The van der Waals surface area contributed by atoms with Crippen LogP contribution in [0.15, 0.2) is 54.6 Å². The number of hydrogen-bond donors (Lipinski definition) is 0. The molecule has 1 aliphatic heterocycles. The third-order valence-corrected chi connectivity index (χ3v) is 5.77. The van der Waals surface area contributed by atoms with Gasteiger partial charge in [0, 0.05) is 31.7 Å². The highest BCUT2D eigenvalue weighted by Gasteiger charge is 2.28. The van der Waals surface area contributed by atoms with Crippen molar-refractivity contribution < 1.29 is 18.7 Å². The van der Waals surface area contributed by atoms with E-state index in [4.69, 9.17) is 14.6 Å². The molecule has 1 fully saturated rings. The lowest BCUT2D eigenvalue weighted by Crippen LogP contribution is -2.39. The van der Waals surface area contributed by atoms with Crippen LogP contribution in [0.25, 0.3) is 11.3 Å². The van der Waals surface area contributed by atoms with Crippen molar-refractivity contribution in [3.8, 4) is 22.9 Å². The molecule has 0 unspecified atom stereocenters. The summed E-state index contributed by atoms with van der Waals surface area (Å²) >= 11 is 0. The Morgan fingerprint density at radius 3 is 2.58 bits per heavy atom. The first-order valence-electron chi connectivity index (χ1n) is 11.4. The van der Waals surface area contributed by atoms with E-state index in [2.05, 4.69) is 0 Å². The van der Waals surface area contributed by atoms with Crippen molar-refractivity contribution in [3.05, 3.63) is 66.0 Å². The molecule has 0 spiro atoms. The van der Waals surface area contributed by atoms with Gasteiger partial charge in [-0.25, -0.2) is 9.07 Å². The van der Waals surface area contributed by atoms with Crippen LogP contribution < -0.4 is 4.74 Å². The van der Waals surface area contributed by atoms with Crippen LogP contribution >= 0.6 is 0 Å². The zero-order valence-electron chi connectivity index (χ0n) is 19.3. The van der Waals surface area contributed by atoms with Gasteiger partial charge in [-0.1, -0.05) is 44.2 Å². The van der Waals surface area contributed by atoms with Crippen LogP contribution in [0.5, 0.6) is 11.6 Å². The molecule has 4 rings (SSSR count). The second-order valence-corrected chi connectivity index (χ2v) is 8.69. The Balaban J connectivity index is 1.73. The van der Waals surface area contributed by atoms with E-state index in [-0.39, 0.29) is 23.7 Å². The summed E-state index contributed by atoms with van der Waals surface area (Å²) in [5.41, 5.74) is 2.50. The predicted octanol–water partition coefficient (Wildman–Crippen LogP) is 5.18. The molecule has 1 aromatic heterocycles. The summed E-state index contributed by atoms with van der Waals surface area (Å²) in [5, 5.41) is 4.73. The molecule has 3 aromatic rings. The fraction of sp³-hybridized carbons (Fsp3) is 0.385. The molecule has 1 amide bonds. The normalized spacial score (nSPS) is 15.7. The van der Waals surface area contributed by atoms with Crippen molar-refractivity contribution in [1.82, 2.24) is 14.7 Å². The Bertz CT molecular complexity index is 1070. The highest BCUT2D eigenvalue weighted by Crippen LogP contribution is 2.34. The molecule has 0 radical (unpaired) electrons. The zero-order chi connectivity index (χ0) is 23.4. The van der Waals surface area contributed by atoms with Crippen LogP contribution in [0.3, 0.4) is 0 Å². The first-order valence-corrected chi connectivity index (χ1v) is 11.4. The summed E-state index contributed by atoms with van der Waals surface area (Å²) in [4.78, 5) is 15.0. The molecule has 1 saturated heterocycles. The van der Waals surface area contributed by atoms with E-state index in [0.29, 0.717) is 24.7 Å². The molecule has 2 heterocycles. The maximum absolute atomic E-state index is 13.4.